The second-order valence-electron chi connectivity index (χ2n) is 4.59. The van der Waals surface area contributed by atoms with Gasteiger partial charge in [0.25, 0.3) is 5.91 Å². The van der Waals surface area contributed by atoms with Gasteiger partial charge in [-0.2, -0.15) is 0 Å². The van der Waals surface area contributed by atoms with Gasteiger partial charge in [0.15, 0.2) is 6.61 Å². The van der Waals surface area contributed by atoms with Gasteiger partial charge in [0.1, 0.15) is 11.6 Å². The summed E-state index contributed by atoms with van der Waals surface area (Å²) in [7, 11) is 0. The van der Waals surface area contributed by atoms with Crippen molar-refractivity contribution in [2.75, 3.05) is 11.9 Å². The van der Waals surface area contributed by atoms with Crippen LogP contribution in [0.1, 0.15) is 18.1 Å². The second-order valence-corrected chi connectivity index (χ2v) is 4.59. The molecule has 1 aromatic heterocycles. The molecule has 0 saturated carbocycles. The summed E-state index contributed by atoms with van der Waals surface area (Å²) >= 11 is 0. The third kappa shape index (κ3) is 4.57. The van der Waals surface area contributed by atoms with Crippen molar-refractivity contribution in [2.45, 2.75) is 19.9 Å². The zero-order valence-corrected chi connectivity index (χ0v) is 12.0. The van der Waals surface area contributed by atoms with Crippen LogP contribution in [0, 0.1) is 0 Å². The minimum atomic E-state index is -0.248. The van der Waals surface area contributed by atoms with Crippen molar-refractivity contribution in [3.63, 3.8) is 0 Å². The average Bonchev–Trinajstić information content (AvgIpc) is 2.54. The molecule has 0 atom stereocenters. The number of nitrogens with one attached hydrogen (secondary N) is 1. The highest BCUT2D eigenvalue weighted by Crippen LogP contribution is 2.12. The Kier molecular flexibility index (Phi) is 5.29. The van der Waals surface area contributed by atoms with Crippen LogP contribution in [0.3, 0.4) is 0 Å². The topological polar surface area (TPSA) is 77.2 Å². The number of hydrogen-bond acceptors (Lipinski definition) is 4. The third-order valence-electron chi connectivity index (χ3n) is 3.03. The van der Waals surface area contributed by atoms with Gasteiger partial charge < -0.3 is 15.8 Å². The van der Waals surface area contributed by atoms with Crippen molar-refractivity contribution >= 4 is 11.7 Å². The van der Waals surface area contributed by atoms with E-state index in [-0.39, 0.29) is 12.5 Å². The molecule has 3 N–H and O–H groups in total. The predicted octanol–water partition coefficient (Wildman–Crippen LogP) is 2.12. The Balaban J connectivity index is 1.83. The van der Waals surface area contributed by atoms with Gasteiger partial charge in [-0.3, -0.25) is 4.79 Å². The number of carbonyl (C=O) groups is 1. The molecule has 0 aliphatic rings. The quantitative estimate of drug-likeness (QED) is 0.852. The summed E-state index contributed by atoms with van der Waals surface area (Å²) in [4.78, 5) is 15.9. The first-order valence-corrected chi connectivity index (χ1v) is 6.88. The molecule has 1 amide bonds. The first kappa shape index (κ1) is 15.0. The smallest absolute Gasteiger partial charge is 0.263 e. The molecule has 0 aliphatic heterocycles. The number of amides is 1. The van der Waals surface area contributed by atoms with E-state index in [1.54, 1.807) is 12.3 Å². The maximum atomic E-state index is 11.8. The molecule has 0 spiro atoms. The van der Waals surface area contributed by atoms with E-state index in [4.69, 9.17) is 10.5 Å². The van der Waals surface area contributed by atoms with Crippen molar-refractivity contribution in [1.29, 1.82) is 0 Å². The summed E-state index contributed by atoms with van der Waals surface area (Å²) < 4.78 is 5.42. The molecule has 1 heterocycles. The van der Waals surface area contributed by atoms with E-state index in [1.807, 2.05) is 30.3 Å². The monoisotopic (exact) mass is 285 g/mol. The fraction of sp³-hybridized carbons (Fsp3) is 0.250. The Labute approximate surface area is 124 Å². The fourth-order valence-electron chi connectivity index (χ4n) is 1.77. The van der Waals surface area contributed by atoms with Crippen LogP contribution in [-0.2, 0) is 17.8 Å². The number of pyridine rings is 1. The Morgan fingerprint density at radius 2 is 1.90 bits per heavy atom. The second kappa shape index (κ2) is 7.40. The average molecular weight is 285 g/mol. The van der Waals surface area contributed by atoms with Gasteiger partial charge in [0.05, 0.1) is 0 Å². The van der Waals surface area contributed by atoms with E-state index in [1.165, 1.54) is 5.56 Å². The molecule has 5 nitrogen and oxygen atoms in total. The zero-order chi connectivity index (χ0) is 15.1. The Morgan fingerprint density at radius 3 is 2.48 bits per heavy atom. The molecule has 110 valence electrons. The van der Waals surface area contributed by atoms with Crippen molar-refractivity contribution in [3.8, 4) is 5.75 Å². The molecule has 0 saturated heterocycles. The Bertz CT molecular complexity index is 579. The van der Waals surface area contributed by atoms with E-state index in [0.717, 1.165) is 12.0 Å². The first-order valence-electron chi connectivity index (χ1n) is 6.88. The van der Waals surface area contributed by atoms with Gasteiger partial charge in [-0.1, -0.05) is 25.1 Å². The maximum Gasteiger partial charge on any atom is 0.263 e. The van der Waals surface area contributed by atoms with Gasteiger partial charge in [-0.05, 0) is 35.7 Å². The third-order valence-corrected chi connectivity index (χ3v) is 3.03. The van der Waals surface area contributed by atoms with Crippen LogP contribution in [0.2, 0.25) is 0 Å². The lowest BCUT2D eigenvalue weighted by molar-refractivity contribution is -0.118. The van der Waals surface area contributed by atoms with Crippen molar-refractivity contribution in [3.05, 3.63) is 53.7 Å². The minimum Gasteiger partial charge on any atom is -0.484 e. The van der Waals surface area contributed by atoms with E-state index >= 15 is 0 Å². The summed E-state index contributed by atoms with van der Waals surface area (Å²) in [6, 6.07) is 11.2. The van der Waals surface area contributed by atoms with Crippen LogP contribution in [0.5, 0.6) is 5.75 Å². The van der Waals surface area contributed by atoms with Gasteiger partial charge in [0.2, 0.25) is 0 Å². The highest BCUT2D eigenvalue weighted by molar-refractivity contribution is 5.90. The number of anilines is 1. The molecular weight excluding hydrogens is 266 g/mol. The van der Waals surface area contributed by atoms with Crippen LogP contribution in [-0.4, -0.2) is 17.5 Å². The maximum absolute atomic E-state index is 11.8. The Hall–Kier alpha value is -2.40. The summed E-state index contributed by atoms with van der Waals surface area (Å²) in [5, 5.41) is 2.67. The number of aryl methyl sites for hydroxylation is 1. The van der Waals surface area contributed by atoms with Crippen LogP contribution >= 0.6 is 0 Å². The molecule has 0 aliphatic carbocycles. The summed E-state index contributed by atoms with van der Waals surface area (Å²) in [6.07, 6.45) is 2.62. The van der Waals surface area contributed by atoms with Crippen LogP contribution < -0.4 is 15.8 Å². The van der Waals surface area contributed by atoms with Crippen LogP contribution in [0.4, 0.5) is 5.82 Å². The highest BCUT2D eigenvalue weighted by atomic mass is 16.5. The number of ether oxygens (including phenoxy) is 1. The van der Waals surface area contributed by atoms with E-state index in [0.29, 0.717) is 18.1 Å². The zero-order valence-electron chi connectivity index (χ0n) is 12.0. The van der Waals surface area contributed by atoms with Gasteiger partial charge in [0, 0.05) is 12.7 Å². The minimum absolute atomic E-state index is 0.0498. The van der Waals surface area contributed by atoms with Crippen molar-refractivity contribution in [1.82, 2.24) is 4.98 Å². The van der Waals surface area contributed by atoms with Gasteiger partial charge in [-0.15, -0.1) is 0 Å². The number of carbonyl (C=O) groups excluding carboxylic acids is 1. The normalized spacial score (nSPS) is 10.2. The Morgan fingerprint density at radius 1 is 1.19 bits per heavy atom. The number of aromatic nitrogens is 1. The summed E-state index contributed by atoms with van der Waals surface area (Å²) in [5.74, 6) is 0.915. The lowest BCUT2D eigenvalue weighted by Gasteiger charge is -2.08. The summed E-state index contributed by atoms with van der Waals surface area (Å²) in [6.45, 7) is 2.47. The molecule has 2 aromatic rings. The lowest BCUT2D eigenvalue weighted by Crippen LogP contribution is -2.20. The lowest BCUT2D eigenvalue weighted by atomic mass is 10.2. The summed E-state index contributed by atoms with van der Waals surface area (Å²) in [5.41, 5.74) is 7.64. The van der Waals surface area contributed by atoms with E-state index < -0.39 is 0 Å². The largest absolute Gasteiger partial charge is 0.484 e. The molecule has 2 rings (SSSR count). The molecule has 5 heteroatoms. The molecule has 0 unspecified atom stereocenters. The number of rotatable bonds is 6. The number of hydrogen-bond donors (Lipinski definition) is 2. The molecule has 1 aromatic carbocycles. The highest BCUT2D eigenvalue weighted by Gasteiger charge is 2.04. The molecule has 0 fully saturated rings. The first-order chi connectivity index (χ1) is 10.2. The van der Waals surface area contributed by atoms with E-state index in [9.17, 15) is 4.79 Å². The molecule has 21 heavy (non-hydrogen) atoms. The molecule has 0 radical (unpaired) electrons. The van der Waals surface area contributed by atoms with E-state index in [2.05, 4.69) is 17.2 Å². The van der Waals surface area contributed by atoms with Crippen LogP contribution in [0.25, 0.3) is 0 Å². The number of benzene rings is 1. The fourth-order valence-corrected chi connectivity index (χ4v) is 1.77. The van der Waals surface area contributed by atoms with Gasteiger partial charge in [-0.25, -0.2) is 4.98 Å². The number of nitrogens with zero attached hydrogens (tertiary/aromatic N) is 1. The molecular formula is C16H19N3O2. The predicted molar refractivity (Wildman–Crippen MR) is 82.1 cm³/mol. The standard InChI is InChI=1S/C16H19N3O2/c1-2-12-3-6-14(7-4-12)21-11-16(20)19-15-8-5-13(9-17)10-18-15/h3-8,10H,2,9,11,17H2,1H3,(H,18,19,20). The van der Waals surface area contributed by atoms with Crippen LogP contribution in [0.15, 0.2) is 42.6 Å². The van der Waals surface area contributed by atoms with Crippen molar-refractivity contribution in [2.24, 2.45) is 5.73 Å². The number of nitrogens with two attached hydrogens (primary N) is 1. The van der Waals surface area contributed by atoms with Gasteiger partial charge >= 0.3 is 0 Å². The van der Waals surface area contributed by atoms with Crippen molar-refractivity contribution < 1.29 is 9.53 Å². The SMILES string of the molecule is CCc1ccc(OCC(=O)Nc2ccc(CN)cn2)cc1. The molecule has 0 bridgehead atoms.